The van der Waals surface area contributed by atoms with Gasteiger partial charge in [0.1, 0.15) is 0 Å². The predicted octanol–water partition coefficient (Wildman–Crippen LogP) is 4.02. The lowest BCUT2D eigenvalue weighted by Gasteiger charge is -2.19. The van der Waals surface area contributed by atoms with E-state index in [1.54, 1.807) is 32.4 Å². The van der Waals surface area contributed by atoms with Crippen molar-refractivity contribution in [3.63, 3.8) is 0 Å². The van der Waals surface area contributed by atoms with Gasteiger partial charge in [0, 0.05) is 18.4 Å². The lowest BCUT2D eigenvalue weighted by atomic mass is 10.1. The zero-order chi connectivity index (χ0) is 22.9. The Morgan fingerprint density at radius 3 is 2.47 bits per heavy atom. The number of amides is 1. The van der Waals surface area contributed by atoms with Gasteiger partial charge in [-0.3, -0.25) is 9.10 Å². The van der Waals surface area contributed by atoms with Crippen LogP contribution in [0.3, 0.4) is 0 Å². The molecule has 1 amide bonds. The van der Waals surface area contributed by atoms with Crippen molar-refractivity contribution in [2.75, 3.05) is 25.1 Å². The summed E-state index contributed by atoms with van der Waals surface area (Å²) in [6, 6.07) is 16.2. The van der Waals surface area contributed by atoms with Gasteiger partial charge in [-0.15, -0.1) is 0 Å². The van der Waals surface area contributed by atoms with Crippen LogP contribution in [0.25, 0.3) is 10.8 Å². The number of hydrogen-bond acceptors (Lipinski definition) is 5. The zero-order valence-electron chi connectivity index (χ0n) is 18.3. The SMILES string of the molecule is COc1ccc([C@H](C)NC(=O)CCCN2c3cccc4cccc(c34)S2(=O)=O)cc1OC. The fraction of sp³-hybridized carbons (Fsp3) is 0.292. The minimum Gasteiger partial charge on any atom is -0.493 e. The Morgan fingerprint density at radius 1 is 1.03 bits per heavy atom. The number of sulfonamides is 1. The summed E-state index contributed by atoms with van der Waals surface area (Å²) < 4.78 is 38.0. The van der Waals surface area contributed by atoms with Crippen LogP contribution in [0.2, 0.25) is 0 Å². The fourth-order valence-corrected chi connectivity index (χ4v) is 5.85. The maximum atomic E-state index is 13.0. The van der Waals surface area contributed by atoms with Gasteiger partial charge in [0.15, 0.2) is 11.5 Å². The van der Waals surface area contributed by atoms with Gasteiger partial charge in [-0.2, -0.15) is 0 Å². The van der Waals surface area contributed by atoms with E-state index in [2.05, 4.69) is 5.32 Å². The molecule has 0 aromatic heterocycles. The van der Waals surface area contributed by atoms with Crippen LogP contribution in [0.4, 0.5) is 5.69 Å². The molecular formula is C24H26N2O5S. The van der Waals surface area contributed by atoms with Crippen molar-refractivity contribution in [2.24, 2.45) is 0 Å². The van der Waals surface area contributed by atoms with Gasteiger partial charge in [-0.1, -0.05) is 30.3 Å². The maximum absolute atomic E-state index is 13.0. The molecule has 4 rings (SSSR count). The van der Waals surface area contributed by atoms with Crippen LogP contribution in [-0.4, -0.2) is 35.1 Å². The molecular weight excluding hydrogens is 428 g/mol. The van der Waals surface area contributed by atoms with Crippen LogP contribution >= 0.6 is 0 Å². The van der Waals surface area contributed by atoms with Crippen molar-refractivity contribution < 1.29 is 22.7 Å². The number of nitrogens with zero attached hydrogens (tertiary/aromatic N) is 1. The second-order valence-electron chi connectivity index (χ2n) is 7.72. The van der Waals surface area contributed by atoms with E-state index in [0.717, 1.165) is 16.3 Å². The molecule has 32 heavy (non-hydrogen) atoms. The minimum absolute atomic E-state index is 0.139. The molecule has 1 heterocycles. The number of benzene rings is 3. The molecule has 0 spiro atoms. The quantitative estimate of drug-likeness (QED) is 0.556. The summed E-state index contributed by atoms with van der Waals surface area (Å²) in [5.41, 5.74) is 1.57. The van der Waals surface area contributed by atoms with Gasteiger partial charge < -0.3 is 14.8 Å². The Kier molecular flexibility index (Phi) is 5.97. The molecule has 3 aromatic rings. The number of anilines is 1. The molecule has 1 atom stereocenters. The van der Waals surface area contributed by atoms with Gasteiger partial charge in [0.2, 0.25) is 5.91 Å². The lowest BCUT2D eigenvalue weighted by Crippen LogP contribution is -2.30. The van der Waals surface area contributed by atoms with E-state index < -0.39 is 10.0 Å². The standard InChI is InChI=1S/C24H26N2O5S/c1-16(18-12-13-20(30-2)21(15-18)31-3)25-23(27)11-6-14-26-19-9-4-7-17-8-5-10-22(24(17)19)32(26,28)29/h4-5,7-10,12-13,15-16H,6,11,14H2,1-3H3,(H,25,27)/t16-/m0/s1. The first-order valence-electron chi connectivity index (χ1n) is 10.4. The Balaban J connectivity index is 1.39. The molecule has 1 N–H and O–H groups in total. The molecule has 1 aliphatic rings. The minimum atomic E-state index is -3.60. The molecule has 0 bridgehead atoms. The highest BCUT2D eigenvalue weighted by atomic mass is 32.2. The van der Waals surface area contributed by atoms with Crippen molar-refractivity contribution >= 4 is 32.4 Å². The number of hydrogen-bond donors (Lipinski definition) is 1. The molecule has 1 aliphatic heterocycles. The first kappa shape index (κ1) is 22.0. The number of nitrogens with one attached hydrogen (secondary N) is 1. The summed E-state index contributed by atoms with van der Waals surface area (Å²) in [5.74, 6) is 1.08. The first-order valence-corrected chi connectivity index (χ1v) is 11.9. The molecule has 0 saturated heterocycles. The maximum Gasteiger partial charge on any atom is 0.265 e. The van der Waals surface area contributed by atoms with Gasteiger partial charge in [-0.05, 0) is 48.6 Å². The van der Waals surface area contributed by atoms with Crippen LogP contribution in [0.5, 0.6) is 11.5 Å². The largest absolute Gasteiger partial charge is 0.493 e. The summed E-state index contributed by atoms with van der Waals surface area (Å²) >= 11 is 0. The Hall–Kier alpha value is -3.26. The van der Waals surface area contributed by atoms with Crippen molar-refractivity contribution in [3.05, 3.63) is 60.2 Å². The number of ether oxygens (including phenoxy) is 2. The Morgan fingerprint density at radius 2 is 1.75 bits per heavy atom. The van der Waals surface area contributed by atoms with E-state index in [9.17, 15) is 13.2 Å². The molecule has 0 aliphatic carbocycles. The third kappa shape index (κ3) is 3.86. The van der Waals surface area contributed by atoms with Crippen molar-refractivity contribution in [1.82, 2.24) is 5.32 Å². The van der Waals surface area contributed by atoms with Crippen molar-refractivity contribution in [2.45, 2.75) is 30.7 Å². The Bertz CT molecular complexity index is 1270. The number of carbonyl (C=O) groups excluding carboxylic acids is 1. The van der Waals surface area contributed by atoms with Crippen LogP contribution in [0.1, 0.15) is 31.4 Å². The second kappa shape index (κ2) is 8.70. The molecule has 8 heteroatoms. The molecule has 168 valence electrons. The third-order valence-corrected chi connectivity index (χ3v) is 7.59. The van der Waals surface area contributed by atoms with Crippen molar-refractivity contribution in [3.8, 4) is 11.5 Å². The fourth-order valence-electron chi connectivity index (χ4n) is 4.10. The average Bonchev–Trinajstić information content (AvgIpc) is 3.01. The van der Waals surface area contributed by atoms with Crippen LogP contribution in [0.15, 0.2) is 59.5 Å². The van der Waals surface area contributed by atoms with E-state index in [-0.39, 0.29) is 24.9 Å². The number of rotatable bonds is 8. The topological polar surface area (TPSA) is 84.9 Å². The smallest absolute Gasteiger partial charge is 0.265 e. The zero-order valence-corrected chi connectivity index (χ0v) is 19.1. The van der Waals surface area contributed by atoms with E-state index in [4.69, 9.17) is 9.47 Å². The molecule has 3 aromatic carbocycles. The summed E-state index contributed by atoms with van der Waals surface area (Å²) in [6.07, 6.45) is 0.629. The van der Waals surface area contributed by atoms with E-state index in [0.29, 0.717) is 28.5 Å². The highest BCUT2D eigenvalue weighted by molar-refractivity contribution is 7.93. The van der Waals surface area contributed by atoms with Gasteiger partial charge in [-0.25, -0.2) is 8.42 Å². The number of carbonyl (C=O) groups is 1. The van der Waals surface area contributed by atoms with E-state index >= 15 is 0 Å². The highest BCUT2D eigenvalue weighted by Gasteiger charge is 2.35. The van der Waals surface area contributed by atoms with E-state index in [1.165, 1.54) is 4.31 Å². The van der Waals surface area contributed by atoms with Gasteiger partial charge >= 0.3 is 0 Å². The third-order valence-electron chi connectivity index (χ3n) is 5.73. The van der Waals surface area contributed by atoms with Gasteiger partial charge in [0.25, 0.3) is 10.0 Å². The first-order chi connectivity index (χ1) is 15.4. The Labute approximate surface area is 188 Å². The normalized spacial score (nSPS) is 14.9. The molecule has 0 unspecified atom stereocenters. The highest BCUT2D eigenvalue weighted by Crippen LogP contribution is 2.42. The predicted molar refractivity (Wildman–Crippen MR) is 124 cm³/mol. The van der Waals surface area contributed by atoms with Gasteiger partial charge in [0.05, 0.1) is 30.8 Å². The molecule has 0 radical (unpaired) electrons. The van der Waals surface area contributed by atoms with Crippen LogP contribution in [-0.2, 0) is 14.8 Å². The molecule has 7 nitrogen and oxygen atoms in total. The number of methoxy groups -OCH3 is 2. The summed E-state index contributed by atoms with van der Waals surface area (Å²) in [4.78, 5) is 12.8. The molecule has 0 fully saturated rings. The van der Waals surface area contributed by atoms with E-state index in [1.807, 2.05) is 43.3 Å². The summed E-state index contributed by atoms with van der Waals surface area (Å²) in [6.45, 7) is 2.13. The second-order valence-corrected chi connectivity index (χ2v) is 9.55. The lowest BCUT2D eigenvalue weighted by molar-refractivity contribution is -0.121. The monoisotopic (exact) mass is 454 g/mol. The van der Waals surface area contributed by atoms with Crippen molar-refractivity contribution in [1.29, 1.82) is 0 Å². The van der Waals surface area contributed by atoms with Crippen LogP contribution in [0, 0.1) is 0 Å². The summed E-state index contributed by atoms with van der Waals surface area (Å²) in [7, 11) is -0.464. The average molecular weight is 455 g/mol. The molecule has 0 saturated carbocycles. The summed E-state index contributed by atoms with van der Waals surface area (Å²) in [5, 5.41) is 4.61. The van der Waals surface area contributed by atoms with Crippen LogP contribution < -0.4 is 19.1 Å².